The largest absolute Gasteiger partial charge is 0.491 e. The molecule has 1 atom stereocenters. The van der Waals surface area contributed by atoms with Gasteiger partial charge in [0, 0.05) is 17.8 Å². The van der Waals surface area contributed by atoms with Crippen LogP contribution in [-0.2, 0) is 13.8 Å². The summed E-state index contributed by atoms with van der Waals surface area (Å²) in [6, 6.07) is 4.65. The van der Waals surface area contributed by atoms with Crippen LogP contribution in [0.2, 0.25) is 0 Å². The summed E-state index contributed by atoms with van der Waals surface area (Å²) in [6.45, 7) is 3.95. The predicted octanol–water partition coefficient (Wildman–Crippen LogP) is 2.34. The molecule has 1 rings (SSSR count). The summed E-state index contributed by atoms with van der Waals surface area (Å²) < 4.78 is 32.8. The molecular formula is C11H15ClO4S. The van der Waals surface area contributed by atoms with Crippen LogP contribution in [0, 0.1) is 6.92 Å². The zero-order chi connectivity index (χ0) is 13.1. The fourth-order valence-electron chi connectivity index (χ4n) is 1.27. The van der Waals surface area contributed by atoms with Gasteiger partial charge in [-0.05, 0) is 37.6 Å². The summed E-state index contributed by atoms with van der Waals surface area (Å²) in [7, 11) is 3.18. The van der Waals surface area contributed by atoms with Crippen molar-refractivity contribution in [2.75, 3.05) is 13.7 Å². The predicted molar refractivity (Wildman–Crippen MR) is 66.2 cm³/mol. The average molecular weight is 279 g/mol. The van der Waals surface area contributed by atoms with E-state index in [2.05, 4.69) is 0 Å². The zero-order valence-electron chi connectivity index (χ0n) is 9.94. The third-order valence-electron chi connectivity index (χ3n) is 2.30. The molecule has 96 valence electrons. The molecule has 0 saturated heterocycles. The van der Waals surface area contributed by atoms with Gasteiger partial charge in [-0.3, -0.25) is 0 Å². The van der Waals surface area contributed by atoms with Gasteiger partial charge < -0.3 is 9.47 Å². The van der Waals surface area contributed by atoms with Crippen LogP contribution in [0.5, 0.6) is 5.75 Å². The molecule has 0 radical (unpaired) electrons. The van der Waals surface area contributed by atoms with Crippen molar-refractivity contribution in [2.24, 2.45) is 0 Å². The fourth-order valence-corrected chi connectivity index (χ4v) is 2.46. The van der Waals surface area contributed by atoms with E-state index in [4.69, 9.17) is 20.2 Å². The summed E-state index contributed by atoms with van der Waals surface area (Å²) in [4.78, 5) is 0.103. The first-order chi connectivity index (χ1) is 7.84. The van der Waals surface area contributed by atoms with Gasteiger partial charge in [-0.25, -0.2) is 8.42 Å². The Labute approximate surface area is 106 Å². The number of ether oxygens (including phenoxy) is 2. The molecule has 0 amide bonds. The normalized spacial score (nSPS) is 13.4. The van der Waals surface area contributed by atoms with Crippen LogP contribution in [0.25, 0.3) is 0 Å². The van der Waals surface area contributed by atoms with Gasteiger partial charge in [0.25, 0.3) is 9.05 Å². The monoisotopic (exact) mass is 278 g/mol. The van der Waals surface area contributed by atoms with E-state index < -0.39 is 9.05 Å². The summed E-state index contributed by atoms with van der Waals surface area (Å²) in [5.41, 5.74) is 0.558. The number of hydrogen-bond acceptors (Lipinski definition) is 4. The van der Waals surface area contributed by atoms with E-state index in [1.54, 1.807) is 26.2 Å². The SMILES string of the molecule is COC(C)COc1ccc(S(=O)(=O)Cl)c(C)c1. The third kappa shape index (κ3) is 4.18. The highest BCUT2D eigenvalue weighted by Crippen LogP contribution is 2.24. The lowest BCUT2D eigenvalue weighted by atomic mass is 10.2. The van der Waals surface area contributed by atoms with Crippen molar-refractivity contribution < 1.29 is 17.9 Å². The first kappa shape index (κ1) is 14.3. The Bertz CT molecular complexity index is 484. The van der Waals surface area contributed by atoms with Crippen molar-refractivity contribution in [3.63, 3.8) is 0 Å². The molecule has 0 bridgehead atoms. The zero-order valence-corrected chi connectivity index (χ0v) is 11.5. The van der Waals surface area contributed by atoms with E-state index in [1.165, 1.54) is 6.07 Å². The molecule has 1 aromatic rings. The van der Waals surface area contributed by atoms with E-state index in [0.29, 0.717) is 17.9 Å². The van der Waals surface area contributed by atoms with E-state index in [9.17, 15) is 8.42 Å². The lowest BCUT2D eigenvalue weighted by Gasteiger charge is -2.12. The Morgan fingerprint density at radius 1 is 1.41 bits per heavy atom. The van der Waals surface area contributed by atoms with Crippen molar-refractivity contribution in [3.05, 3.63) is 23.8 Å². The highest BCUT2D eigenvalue weighted by Gasteiger charge is 2.13. The van der Waals surface area contributed by atoms with Crippen molar-refractivity contribution in [2.45, 2.75) is 24.8 Å². The van der Waals surface area contributed by atoms with Gasteiger partial charge in [-0.2, -0.15) is 0 Å². The second kappa shape index (κ2) is 5.71. The van der Waals surface area contributed by atoms with E-state index in [0.717, 1.165) is 0 Å². The Kier molecular flexibility index (Phi) is 4.80. The molecule has 4 nitrogen and oxygen atoms in total. The minimum Gasteiger partial charge on any atom is -0.491 e. The van der Waals surface area contributed by atoms with Crippen molar-refractivity contribution in [3.8, 4) is 5.75 Å². The van der Waals surface area contributed by atoms with Gasteiger partial charge in [-0.1, -0.05) is 0 Å². The number of benzene rings is 1. The van der Waals surface area contributed by atoms with Gasteiger partial charge in [0.15, 0.2) is 0 Å². The quantitative estimate of drug-likeness (QED) is 0.776. The Morgan fingerprint density at radius 2 is 2.06 bits per heavy atom. The molecule has 0 saturated carbocycles. The summed E-state index contributed by atoms with van der Waals surface area (Å²) in [6.07, 6.45) is -0.0215. The number of rotatable bonds is 5. The molecule has 1 unspecified atom stereocenters. The molecule has 1 aromatic carbocycles. The van der Waals surface area contributed by atoms with Crippen LogP contribution >= 0.6 is 10.7 Å². The number of halogens is 1. The fraction of sp³-hybridized carbons (Fsp3) is 0.455. The Morgan fingerprint density at radius 3 is 2.53 bits per heavy atom. The molecule has 0 aliphatic carbocycles. The smallest absolute Gasteiger partial charge is 0.261 e. The van der Waals surface area contributed by atoms with Crippen molar-refractivity contribution >= 4 is 19.7 Å². The molecule has 0 aromatic heterocycles. The maximum Gasteiger partial charge on any atom is 0.261 e. The lowest BCUT2D eigenvalue weighted by molar-refractivity contribution is 0.0716. The molecule has 6 heteroatoms. The average Bonchev–Trinajstić information content (AvgIpc) is 2.24. The molecular weight excluding hydrogens is 264 g/mol. The molecule has 0 spiro atoms. The highest BCUT2D eigenvalue weighted by atomic mass is 35.7. The van der Waals surface area contributed by atoms with Crippen molar-refractivity contribution in [1.29, 1.82) is 0 Å². The minimum absolute atomic E-state index is 0.0215. The summed E-state index contributed by atoms with van der Waals surface area (Å²) >= 11 is 0. The summed E-state index contributed by atoms with van der Waals surface area (Å²) in [5, 5.41) is 0. The first-order valence-electron chi connectivity index (χ1n) is 5.05. The molecule has 0 aliphatic rings. The van der Waals surface area contributed by atoms with Crippen LogP contribution < -0.4 is 4.74 Å². The number of aryl methyl sites for hydroxylation is 1. The molecule has 0 heterocycles. The molecule has 0 N–H and O–H groups in total. The maximum atomic E-state index is 11.2. The topological polar surface area (TPSA) is 52.6 Å². The van der Waals surface area contributed by atoms with Crippen molar-refractivity contribution in [1.82, 2.24) is 0 Å². The van der Waals surface area contributed by atoms with Gasteiger partial charge in [-0.15, -0.1) is 0 Å². The Balaban J connectivity index is 2.83. The van der Waals surface area contributed by atoms with Crippen LogP contribution in [0.15, 0.2) is 23.1 Å². The van der Waals surface area contributed by atoms with Crippen LogP contribution in [0.4, 0.5) is 0 Å². The van der Waals surface area contributed by atoms with E-state index >= 15 is 0 Å². The van der Waals surface area contributed by atoms with Gasteiger partial charge in [0.1, 0.15) is 12.4 Å². The van der Waals surface area contributed by atoms with Gasteiger partial charge in [0.05, 0.1) is 11.0 Å². The second-order valence-corrected chi connectivity index (χ2v) is 6.26. The second-order valence-electron chi connectivity index (χ2n) is 3.72. The highest BCUT2D eigenvalue weighted by molar-refractivity contribution is 8.13. The minimum atomic E-state index is -3.69. The van der Waals surface area contributed by atoms with Crippen LogP contribution in [0.3, 0.4) is 0 Å². The maximum absolute atomic E-state index is 11.2. The van der Waals surface area contributed by atoms with Gasteiger partial charge >= 0.3 is 0 Å². The lowest BCUT2D eigenvalue weighted by Crippen LogP contribution is -2.16. The number of hydrogen-bond donors (Lipinski definition) is 0. The molecule has 17 heavy (non-hydrogen) atoms. The van der Waals surface area contributed by atoms with E-state index in [1.807, 2.05) is 6.92 Å². The van der Waals surface area contributed by atoms with Gasteiger partial charge in [0.2, 0.25) is 0 Å². The molecule has 0 fully saturated rings. The van der Waals surface area contributed by atoms with E-state index in [-0.39, 0.29) is 11.0 Å². The van der Waals surface area contributed by atoms with Crippen LogP contribution in [0.1, 0.15) is 12.5 Å². The summed E-state index contributed by atoms with van der Waals surface area (Å²) in [5.74, 6) is 0.593. The Hall–Kier alpha value is -0.780. The number of methoxy groups -OCH3 is 1. The molecule has 0 aliphatic heterocycles. The first-order valence-corrected chi connectivity index (χ1v) is 7.36. The van der Waals surface area contributed by atoms with Crippen LogP contribution in [-0.4, -0.2) is 28.2 Å². The third-order valence-corrected chi connectivity index (χ3v) is 3.78. The standard InChI is InChI=1S/C11H15ClO4S/c1-8-6-10(16-7-9(2)15-3)4-5-11(8)17(12,13)14/h4-6,9H,7H2,1-3H3.